The van der Waals surface area contributed by atoms with Crippen molar-refractivity contribution in [2.24, 2.45) is 5.92 Å². The van der Waals surface area contributed by atoms with Gasteiger partial charge in [0.15, 0.2) is 5.76 Å². The largest absolute Gasteiger partial charge is 0.451 e. The quantitative estimate of drug-likeness (QED) is 0.819. The highest BCUT2D eigenvalue weighted by molar-refractivity contribution is 5.97. The maximum atomic E-state index is 12.3. The lowest BCUT2D eigenvalue weighted by Crippen LogP contribution is -2.65. The number of aliphatic hydroxyl groups is 1. The highest BCUT2D eigenvalue weighted by Gasteiger charge is 2.46. The molecule has 2 heterocycles. The van der Waals surface area contributed by atoms with Crippen molar-refractivity contribution in [3.8, 4) is 0 Å². The summed E-state index contributed by atoms with van der Waals surface area (Å²) >= 11 is 0. The van der Waals surface area contributed by atoms with E-state index in [4.69, 9.17) is 10.2 Å². The molecule has 1 amide bonds. The SMILES string of the molecule is CC(C)C1(O)CN(C(=O)c2cc3cc(N)ccc3o2)C1. The zero-order valence-corrected chi connectivity index (χ0v) is 11.6. The molecule has 3 rings (SSSR count). The van der Waals surface area contributed by atoms with E-state index in [1.807, 2.05) is 13.8 Å². The predicted octanol–water partition coefficient (Wildman–Crippen LogP) is 1.86. The molecular formula is C15H18N2O3. The van der Waals surface area contributed by atoms with Crippen molar-refractivity contribution < 1.29 is 14.3 Å². The molecule has 1 aromatic carbocycles. The van der Waals surface area contributed by atoms with Gasteiger partial charge in [-0.25, -0.2) is 0 Å². The molecule has 0 bridgehead atoms. The van der Waals surface area contributed by atoms with Gasteiger partial charge in [0.1, 0.15) is 11.2 Å². The van der Waals surface area contributed by atoms with Gasteiger partial charge in [-0.3, -0.25) is 4.79 Å². The van der Waals surface area contributed by atoms with Gasteiger partial charge >= 0.3 is 0 Å². The van der Waals surface area contributed by atoms with Crippen LogP contribution in [0, 0.1) is 5.92 Å². The molecule has 1 aliphatic heterocycles. The van der Waals surface area contributed by atoms with Crippen LogP contribution in [0.4, 0.5) is 5.69 Å². The third kappa shape index (κ3) is 1.94. The number of nitrogens with zero attached hydrogens (tertiary/aromatic N) is 1. The fourth-order valence-corrected chi connectivity index (χ4v) is 2.45. The van der Waals surface area contributed by atoms with Gasteiger partial charge in [0.25, 0.3) is 5.91 Å². The van der Waals surface area contributed by atoms with Gasteiger partial charge in [-0.15, -0.1) is 0 Å². The summed E-state index contributed by atoms with van der Waals surface area (Å²) < 4.78 is 5.54. The van der Waals surface area contributed by atoms with Crippen LogP contribution in [0.3, 0.4) is 0 Å². The molecule has 3 N–H and O–H groups in total. The van der Waals surface area contributed by atoms with Gasteiger partial charge in [-0.2, -0.15) is 0 Å². The highest BCUT2D eigenvalue weighted by atomic mass is 16.3. The number of carbonyl (C=O) groups excluding carboxylic acids is 1. The molecule has 1 aromatic heterocycles. The van der Waals surface area contributed by atoms with E-state index in [-0.39, 0.29) is 17.6 Å². The number of β-amino-alcohol motifs (C(OH)–C–C–N with tert-alkyl or cyclic N) is 1. The third-order valence-electron chi connectivity index (χ3n) is 4.04. The first kappa shape index (κ1) is 13.0. The second-order valence-electron chi connectivity index (χ2n) is 5.83. The Morgan fingerprint density at radius 2 is 2.10 bits per heavy atom. The Kier molecular flexibility index (Phi) is 2.76. The zero-order valence-electron chi connectivity index (χ0n) is 11.6. The van der Waals surface area contributed by atoms with Crippen molar-refractivity contribution in [3.63, 3.8) is 0 Å². The molecule has 1 saturated heterocycles. The van der Waals surface area contributed by atoms with E-state index in [9.17, 15) is 9.90 Å². The first-order chi connectivity index (χ1) is 9.39. The van der Waals surface area contributed by atoms with Gasteiger partial charge in [0, 0.05) is 11.1 Å². The minimum Gasteiger partial charge on any atom is -0.451 e. The molecule has 106 valence electrons. The summed E-state index contributed by atoms with van der Waals surface area (Å²) in [6, 6.07) is 6.96. The van der Waals surface area contributed by atoms with Crippen molar-refractivity contribution in [2.45, 2.75) is 19.4 Å². The Morgan fingerprint density at radius 3 is 2.75 bits per heavy atom. The fourth-order valence-electron chi connectivity index (χ4n) is 2.45. The topological polar surface area (TPSA) is 79.7 Å². The van der Waals surface area contributed by atoms with Gasteiger partial charge in [-0.05, 0) is 30.2 Å². The van der Waals surface area contributed by atoms with Crippen LogP contribution in [0.5, 0.6) is 0 Å². The van der Waals surface area contributed by atoms with Crippen LogP contribution in [0.1, 0.15) is 24.4 Å². The summed E-state index contributed by atoms with van der Waals surface area (Å²) in [5.74, 6) is 0.225. The second-order valence-corrected chi connectivity index (χ2v) is 5.83. The van der Waals surface area contributed by atoms with Gasteiger partial charge in [0.05, 0.1) is 13.1 Å². The molecule has 5 nitrogen and oxygen atoms in total. The number of amides is 1. The van der Waals surface area contributed by atoms with E-state index < -0.39 is 5.60 Å². The van der Waals surface area contributed by atoms with E-state index in [0.717, 1.165) is 5.39 Å². The lowest BCUT2D eigenvalue weighted by atomic mass is 9.83. The maximum absolute atomic E-state index is 12.3. The molecule has 1 fully saturated rings. The highest BCUT2D eigenvalue weighted by Crippen LogP contribution is 2.31. The number of carbonyl (C=O) groups is 1. The van der Waals surface area contributed by atoms with E-state index >= 15 is 0 Å². The molecule has 2 aromatic rings. The van der Waals surface area contributed by atoms with E-state index in [0.29, 0.717) is 24.4 Å². The average molecular weight is 274 g/mol. The normalized spacial score (nSPS) is 17.5. The lowest BCUT2D eigenvalue weighted by Gasteiger charge is -2.48. The zero-order chi connectivity index (χ0) is 14.5. The predicted molar refractivity (Wildman–Crippen MR) is 76.3 cm³/mol. The minimum atomic E-state index is -0.772. The number of fused-ring (bicyclic) bond motifs is 1. The third-order valence-corrected chi connectivity index (χ3v) is 4.04. The van der Waals surface area contributed by atoms with E-state index in [1.165, 1.54) is 0 Å². The van der Waals surface area contributed by atoms with Crippen LogP contribution in [-0.4, -0.2) is 34.6 Å². The van der Waals surface area contributed by atoms with Crippen molar-refractivity contribution >= 4 is 22.6 Å². The Morgan fingerprint density at radius 1 is 1.40 bits per heavy atom. The number of rotatable bonds is 2. The molecule has 0 aliphatic carbocycles. The van der Waals surface area contributed by atoms with Gasteiger partial charge in [-0.1, -0.05) is 13.8 Å². The molecule has 0 saturated carbocycles. The lowest BCUT2D eigenvalue weighted by molar-refractivity contribution is -0.111. The number of hydrogen-bond acceptors (Lipinski definition) is 4. The number of furan rings is 1. The molecule has 1 aliphatic rings. The fraction of sp³-hybridized carbons (Fsp3) is 0.400. The number of nitrogen functional groups attached to an aromatic ring is 1. The number of benzene rings is 1. The average Bonchev–Trinajstić information content (AvgIpc) is 2.76. The van der Waals surface area contributed by atoms with Crippen LogP contribution < -0.4 is 5.73 Å². The molecule has 5 heteroatoms. The van der Waals surface area contributed by atoms with Crippen molar-refractivity contribution in [3.05, 3.63) is 30.0 Å². The summed E-state index contributed by atoms with van der Waals surface area (Å²) in [7, 11) is 0. The van der Waals surface area contributed by atoms with Crippen LogP contribution >= 0.6 is 0 Å². The van der Waals surface area contributed by atoms with E-state index in [1.54, 1.807) is 29.2 Å². The Hall–Kier alpha value is -2.01. The second kappa shape index (κ2) is 4.24. The minimum absolute atomic E-state index is 0.127. The smallest absolute Gasteiger partial charge is 0.289 e. The van der Waals surface area contributed by atoms with Crippen molar-refractivity contribution in [1.29, 1.82) is 0 Å². The standard InChI is InChI=1S/C15H18N2O3/c1-9(2)15(19)7-17(8-15)14(18)13-6-10-5-11(16)3-4-12(10)20-13/h3-6,9,19H,7-8,16H2,1-2H3. The molecule has 20 heavy (non-hydrogen) atoms. The maximum Gasteiger partial charge on any atom is 0.289 e. The summed E-state index contributed by atoms with van der Waals surface area (Å²) in [5, 5.41) is 11.0. The van der Waals surface area contributed by atoms with Crippen molar-refractivity contribution in [2.75, 3.05) is 18.8 Å². The van der Waals surface area contributed by atoms with E-state index in [2.05, 4.69) is 0 Å². The molecule has 0 spiro atoms. The van der Waals surface area contributed by atoms with Crippen LogP contribution in [0.25, 0.3) is 11.0 Å². The molecule has 0 unspecified atom stereocenters. The monoisotopic (exact) mass is 274 g/mol. The van der Waals surface area contributed by atoms with Crippen LogP contribution in [-0.2, 0) is 0 Å². The summed E-state index contributed by atoms with van der Waals surface area (Å²) in [6.07, 6.45) is 0. The van der Waals surface area contributed by atoms with Crippen LogP contribution in [0.2, 0.25) is 0 Å². The number of likely N-dealkylation sites (tertiary alicyclic amines) is 1. The summed E-state index contributed by atoms with van der Waals surface area (Å²) in [4.78, 5) is 13.9. The number of anilines is 1. The first-order valence-electron chi connectivity index (χ1n) is 6.70. The van der Waals surface area contributed by atoms with Gasteiger partial charge < -0.3 is 20.2 Å². The Balaban J connectivity index is 1.80. The summed E-state index contributed by atoms with van der Waals surface area (Å²) in [5.41, 5.74) is 6.21. The summed E-state index contributed by atoms with van der Waals surface area (Å²) in [6.45, 7) is 4.60. The Bertz CT molecular complexity index is 669. The van der Waals surface area contributed by atoms with Gasteiger partial charge in [0.2, 0.25) is 0 Å². The first-order valence-corrected chi connectivity index (χ1v) is 6.70. The number of nitrogens with two attached hydrogens (primary N) is 1. The van der Waals surface area contributed by atoms with Crippen LogP contribution in [0.15, 0.2) is 28.7 Å². The molecule has 0 radical (unpaired) electrons. The van der Waals surface area contributed by atoms with Crippen molar-refractivity contribution in [1.82, 2.24) is 4.90 Å². The molecular weight excluding hydrogens is 256 g/mol. The number of hydrogen-bond donors (Lipinski definition) is 2. The molecule has 0 atom stereocenters. The Labute approximate surface area is 117 Å².